The number of sulfonamides is 1. The zero-order chi connectivity index (χ0) is 17.5. The molecule has 0 saturated carbocycles. The van der Waals surface area contributed by atoms with Crippen molar-refractivity contribution in [1.82, 2.24) is 9.62 Å². The molecule has 1 rings (SSSR count). The third-order valence-corrected chi connectivity index (χ3v) is 6.12. The fraction of sp³-hybridized carbons (Fsp3) is 0.867. The molecule has 23 heavy (non-hydrogen) atoms. The van der Waals surface area contributed by atoms with Crippen LogP contribution in [0.15, 0.2) is 0 Å². The minimum atomic E-state index is -3.23. The van der Waals surface area contributed by atoms with Gasteiger partial charge in [-0.1, -0.05) is 26.7 Å². The number of nitrogens with zero attached hydrogens (tertiary/aromatic N) is 1. The van der Waals surface area contributed by atoms with Gasteiger partial charge in [0.2, 0.25) is 15.9 Å². The summed E-state index contributed by atoms with van der Waals surface area (Å²) >= 11 is 0. The molecule has 0 aromatic rings. The van der Waals surface area contributed by atoms with Crippen molar-refractivity contribution < 1.29 is 23.1 Å². The SMILES string of the molecule is CCCCS(=O)(=O)N1CCC(C(=O)NC(CCC)C(=O)O)CC1. The van der Waals surface area contributed by atoms with Crippen LogP contribution in [0, 0.1) is 5.92 Å². The molecule has 1 atom stereocenters. The van der Waals surface area contributed by atoms with E-state index in [1.807, 2.05) is 13.8 Å². The molecule has 1 amide bonds. The Balaban J connectivity index is 2.52. The Hall–Kier alpha value is -1.15. The molecular formula is C15H28N2O5S. The molecular weight excluding hydrogens is 320 g/mol. The van der Waals surface area contributed by atoms with E-state index in [1.54, 1.807) is 0 Å². The number of hydrogen-bond donors (Lipinski definition) is 2. The molecule has 0 radical (unpaired) electrons. The Bertz CT molecular complexity index is 498. The van der Waals surface area contributed by atoms with Crippen LogP contribution in [0.1, 0.15) is 52.4 Å². The molecule has 1 heterocycles. The Morgan fingerprint density at radius 3 is 2.30 bits per heavy atom. The predicted molar refractivity (Wildman–Crippen MR) is 87.5 cm³/mol. The van der Waals surface area contributed by atoms with Crippen LogP contribution < -0.4 is 5.32 Å². The lowest BCUT2D eigenvalue weighted by Gasteiger charge is -2.31. The van der Waals surface area contributed by atoms with Crippen molar-refractivity contribution in [3.8, 4) is 0 Å². The minimum absolute atomic E-state index is 0.151. The van der Waals surface area contributed by atoms with Crippen LogP contribution in [0.2, 0.25) is 0 Å². The van der Waals surface area contributed by atoms with Gasteiger partial charge in [0, 0.05) is 19.0 Å². The molecule has 7 nitrogen and oxygen atoms in total. The molecule has 1 aliphatic rings. The molecule has 0 aromatic heterocycles. The van der Waals surface area contributed by atoms with Gasteiger partial charge in [-0.3, -0.25) is 4.79 Å². The maximum absolute atomic E-state index is 12.2. The zero-order valence-electron chi connectivity index (χ0n) is 14.0. The smallest absolute Gasteiger partial charge is 0.326 e. The summed E-state index contributed by atoms with van der Waals surface area (Å²) in [6.07, 6.45) is 3.41. The quantitative estimate of drug-likeness (QED) is 0.651. The Morgan fingerprint density at radius 1 is 1.22 bits per heavy atom. The number of nitrogens with one attached hydrogen (secondary N) is 1. The van der Waals surface area contributed by atoms with Crippen molar-refractivity contribution in [3.63, 3.8) is 0 Å². The van der Waals surface area contributed by atoms with E-state index in [-0.39, 0.29) is 17.6 Å². The van der Waals surface area contributed by atoms with Crippen LogP contribution in [0.3, 0.4) is 0 Å². The van der Waals surface area contributed by atoms with E-state index in [0.29, 0.717) is 45.2 Å². The van der Waals surface area contributed by atoms with Gasteiger partial charge in [-0.25, -0.2) is 17.5 Å². The van der Waals surface area contributed by atoms with Crippen molar-refractivity contribution in [1.29, 1.82) is 0 Å². The van der Waals surface area contributed by atoms with E-state index in [4.69, 9.17) is 5.11 Å². The van der Waals surface area contributed by atoms with E-state index >= 15 is 0 Å². The van der Waals surface area contributed by atoms with Gasteiger partial charge in [0.1, 0.15) is 6.04 Å². The van der Waals surface area contributed by atoms with E-state index in [1.165, 1.54) is 4.31 Å². The van der Waals surface area contributed by atoms with Crippen LogP contribution in [-0.2, 0) is 19.6 Å². The van der Waals surface area contributed by atoms with E-state index in [2.05, 4.69) is 5.32 Å². The van der Waals surface area contributed by atoms with Crippen LogP contribution in [0.25, 0.3) is 0 Å². The predicted octanol–water partition coefficient (Wildman–Crippen LogP) is 1.20. The van der Waals surface area contributed by atoms with Gasteiger partial charge in [-0.15, -0.1) is 0 Å². The molecule has 1 aliphatic heterocycles. The van der Waals surface area contributed by atoms with Gasteiger partial charge in [0.05, 0.1) is 5.75 Å². The maximum Gasteiger partial charge on any atom is 0.326 e. The number of carboxylic acid groups (broad SMARTS) is 1. The lowest BCUT2D eigenvalue weighted by molar-refractivity contribution is -0.142. The second-order valence-corrected chi connectivity index (χ2v) is 8.12. The third kappa shape index (κ3) is 6.10. The van der Waals surface area contributed by atoms with Gasteiger partial charge >= 0.3 is 5.97 Å². The summed E-state index contributed by atoms with van der Waals surface area (Å²) < 4.78 is 25.7. The van der Waals surface area contributed by atoms with Gasteiger partial charge in [-0.2, -0.15) is 0 Å². The van der Waals surface area contributed by atoms with Crippen molar-refractivity contribution in [2.24, 2.45) is 5.92 Å². The average molecular weight is 348 g/mol. The second kappa shape index (κ2) is 9.22. The lowest BCUT2D eigenvalue weighted by Crippen LogP contribution is -2.47. The number of carboxylic acids is 1. The number of amides is 1. The summed E-state index contributed by atoms with van der Waals surface area (Å²) in [7, 11) is -3.23. The highest BCUT2D eigenvalue weighted by atomic mass is 32.2. The average Bonchev–Trinajstić information content (AvgIpc) is 2.52. The largest absolute Gasteiger partial charge is 0.480 e. The topological polar surface area (TPSA) is 104 Å². The highest BCUT2D eigenvalue weighted by Gasteiger charge is 2.32. The number of piperidine rings is 1. The number of aliphatic carboxylic acids is 1. The van der Waals surface area contributed by atoms with Crippen LogP contribution in [-0.4, -0.2) is 54.6 Å². The Labute approximate surface area is 138 Å². The van der Waals surface area contributed by atoms with Gasteiger partial charge in [0.25, 0.3) is 0 Å². The van der Waals surface area contributed by atoms with E-state index in [0.717, 1.165) is 6.42 Å². The number of unbranched alkanes of at least 4 members (excludes halogenated alkanes) is 1. The van der Waals surface area contributed by atoms with Crippen molar-refractivity contribution in [2.45, 2.75) is 58.4 Å². The number of rotatable bonds is 9. The summed E-state index contributed by atoms with van der Waals surface area (Å²) in [5.41, 5.74) is 0. The number of hydrogen-bond acceptors (Lipinski definition) is 4. The standard InChI is InChI=1S/C15H28N2O5S/c1-3-5-11-23(21,22)17-9-7-12(8-10-17)14(18)16-13(6-4-2)15(19)20/h12-13H,3-11H2,1-2H3,(H,16,18)(H,19,20). The molecule has 0 aliphatic carbocycles. The normalized spacial score (nSPS) is 18.5. The monoisotopic (exact) mass is 348 g/mol. The zero-order valence-corrected chi connectivity index (χ0v) is 14.8. The van der Waals surface area contributed by atoms with Gasteiger partial charge < -0.3 is 10.4 Å². The molecule has 0 aromatic carbocycles. The van der Waals surface area contributed by atoms with Gasteiger partial charge in [-0.05, 0) is 25.7 Å². The summed E-state index contributed by atoms with van der Waals surface area (Å²) in [4.78, 5) is 23.3. The second-order valence-electron chi connectivity index (χ2n) is 6.03. The minimum Gasteiger partial charge on any atom is -0.480 e. The summed E-state index contributed by atoms with van der Waals surface area (Å²) in [6.45, 7) is 4.47. The van der Waals surface area contributed by atoms with E-state index in [9.17, 15) is 18.0 Å². The number of carbonyl (C=O) groups excluding carboxylic acids is 1. The molecule has 8 heteroatoms. The summed E-state index contributed by atoms with van der Waals surface area (Å²) in [5, 5.41) is 11.6. The Kier molecular flexibility index (Phi) is 7.98. The summed E-state index contributed by atoms with van der Waals surface area (Å²) in [6, 6.07) is -0.862. The molecule has 0 spiro atoms. The molecule has 1 unspecified atom stereocenters. The van der Waals surface area contributed by atoms with Crippen LogP contribution >= 0.6 is 0 Å². The maximum atomic E-state index is 12.2. The molecule has 2 N–H and O–H groups in total. The Morgan fingerprint density at radius 2 is 1.83 bits per heavy atom. The first-order valence-corrected chi connectivity index (χ1v) is 9.93. The number of carbonyl (C=O) groups is 2. The first kappa shape index (κ1) is 19.9. The molecule has 1 fully saturated rings. The van der Waals surface area contributed by atoms with Crippen LogP contribution in [0.5, 0.6) is 0 Å². The van der Waals surface area contributed by atoms with E-state index < -0.39 is 22.0 Å². The third-order valence-electron chi connectivity index (χ3n) is 4.17. The highest BCUT2D eigenvalue weighted by molar-refractivity contribution is 7.89. The molecule has 1 saturated heterocycles. The first-order chi connectivity index (χ1) is 10.8. The fourth-order valence-electron chi connectivity index (χ4n) is 2.69. The van der Waals surface area contributed by atoms with Crippen molar-refractivity contribution in [2.75, 3.05) is 18.8 Å². The van der Waals surface area contributed by atoms with Crippen LogP contribution in [0.4, 0.5) is 0 Å². The molecule has 0 bridgehead atoms. The molecule has 134 valence electrons. The van der Waals surface area contributed by atoms with Gasteiger partial charge in [0.15, 0.2) is 0 Å². The first-order valence-electron chi connectivity index (χ1n) is 8.32. The lowest BCUT2D eigenvalue weighted by atomic mass is 9.96. The van der Waals surface area contributed by atoms with Crippen molar-refractivity contribution in [3.05, 3.63) is 0 Å². The summed E-state index contributed by atoms with van der Waals surface area (Å²) in [5.74, 6) is -1.47. The van der Waals surface area contributed by atoms with Crippen molar-refractivity contribution >= 4 is 21.9 Å². The highest BCUT2D eigenvalue weighted by Crippen LogP contribution is 2.21. The fourth-order valence-corrected chi connectivity index (χ4v) is 4.37.